The van der Waals surface area contributed by atoms with E-state index in [0.717, 1.165) is 41.7 Å². The van der Waals surface area contributed by atoms with Crippen molar-refractivity contribution >= 4 is 17.5 Å². The minimum absolute atomic E-state index is 0.267. The first-order chi connectivity index (χ1) is 13.0. The highest BCUT2D eigenvalue weighted by molar-refractivity contribution is 5.64. The van der Waals surface area contributed by atoms with Gasteiger partial charge in [-0.1, -0.05) is 42.5 Å². The Labute approximate surface area is 161 Å². The lowest BCUT2D eigenvalue weighted by atomic mass is 9.94. The van der Waals surface area contributed by atoms with Crippen LogP contribution in [-0.4, -0.2) is 16.5 Å². The molecule has 2 heterocycles. The van der Waals surface area contributed by atoms with Crippen molar-refractivity contribution in [3.05, 3.63) is 76.5 Å². The van der Waals surface area contributed by atoms with Crippen LogP contribution < -0.4 is 10.2 Å². The van der Waals surface area contributed by atoms with Gasteiger partial charge >= 0.3 is 0 Å². The molecule has 1 aliphatic rings. The number of para-hydroxylation sites is 1. The molecule has 0 aliphatic carbocycles. The van der Waals surface area contributed by atoms with Crippen LogP contribution in [0.3, 0.4) is 0 Å². The molecule has 0 amide bonds. The third kappa shape index (κ3) is 3.27. The number of fused-ring (bicyclic) bond motifs is 1. The van der Waals surface area contributed by atoms with Crippen LogP contribution >= 0.6 is 0 Å². The third-order valence-corrected chi connectivity index (χ3v) is 5.63. The number of aromatic nitrogens is 2. The van der Waals surface area contributed by atoms with Gasteiger partial charge in [-0.2, -0.15) is 4.98 Å². The topological polar surface area (TPSA) is 41.1 Å². The van der Waals surface area contributed by atoms with Crippen LogP contribution in [0.25, 0.3) is 0 Å². The summed E-state index contributed by atoms with van der Waals surface area (Å²) in [5.41, 5.74) is 7.20. The van der Waals surface area contributed by atoms with Crippen LogP contribution in [0, 0.1) is 20.8 Å². The second-order valence-electron chi connectivity index (χ2n) is 7.34. The van der Waals surface area contributed by atoms with E-state index in [9.17, 15) is 0 Å². The van der Waals surface area contributed by atoms with Crippen LogP contribution in [0.5, 0.6) is 0 Å². The fourth-order valence-corrected chi connectivity index (χ4v) is 3.75. The first kappa shape index (κ1) is 17.5. The summed E-state index contributed by atoms with van der Waals surface area (Å²) < 4.78 is 0. The molecule has 138 valence electrons. The van der Waals surface area contributed by atoms with E-state index in [2.05, 4.69) is 80.4 Å². The van der Waals surface area contributed by atoms with Gasteiger partial charge in [0, 0.05) is 23.5 Å². The summed E-state index contributed by atoms with van der Waals surface area (Å²) in [6, 6.07) is 17.3. The molecule has 0 radical (unpaired) electrons. The lowest BCUT2D eigenvalue weighted by molar-refractivity contribution is 0.607. The molecule has 4 nitrogen and oxygen atoms in total. The van der Waals surface area contributed by atoms with E-state index in [1.54, 1.807) is 0 Å². The van der Waals surface area contributed by atoms with Crippen LogP contribution in [0.2, 0.25) is 0 Å². The van der Waals surface area contributed by atoms with E-state index in [1.807, 2.05) is 6.07 Å². The number of rotatable bonds is 3. The highest BCUT2D eigenvalue weighted by atomic mass is 15.3. The number of nitrogens with one attached hydrogen (secondary N) is 1. The van der Waals surface area contributed by atoms with Crippen LogP contribution in [0.4, 0.5) is 17.5 Å². The van der Waals surface area contributed by atoms with Crippen molar-refractivity contribution in [2.45, 2.75) is 40.2 Å². The Balaban J connectivity index is 1.70. The summed E-state index contributed by atoms with van der Waals surface area (Å²) in [5.74, 6) is 1.69. The largest absolute Gasteiger partial charge is 0.340 e. The van der Waals surface area contributed by atoms with Gasteiger partial charge in [-0.25, -0.2) is 4.98 Å². The van der Waals surface area contributed by atoms with Gasteiger partial charge in [-0.05, 0) is 56.9 Å². The maximum absolute atomic E-state index is 4.92. The lowest BCUT2D eigenvalue weighted by Gasteiger charge is -2.35. The van der Waals surface area contributed by atoms with Crippen molar-refractivity contribution in [3.63, 3.8) is 0 Å². The number of nitrogens with zero attached hydrogens (tertiary/aromatic N) is 3. The van der Waals surface area contributed by atoms with Gasteiger partial charge in [-0.15, -0.1) is 0 Å². The zero-order chi connectivity index (χ0) is 19.0. The highest BCUT2D eigenvalue weighted by Gasteiger charge is 2.26. The molecule has 0 spiro atoms. The Hall–Kier alpha value is -2.88. The smallest absolute Gasteiger partial charge is 0.228 e. The molecule has 1 N–H and O–H groups in total. The normalized spacial score (nSPS) is 16.1. The van der Waals surface area contributed by atoms with Gasteiger partial charge in [0.15, 0.2) is 0 Å². The molecule has 1 atom stereocenters. The SMILES string of the molecule is Cc1ccccc1Nc1nc(N2CCc3ccccc3C2C)nc(C)c1C. The van der Waals surface area contributed by atoms with Crippen molar-refractivity contribution in [1.29, 1.82) is 0 Å². The fourth-order valence-electron chi connectivity index (χ4n) is 3.75. The van der Waals surface area contributed by atoms with Gasteiger partial charge in [0.2, 0.25) is 5.95 Å². The van der Waals surface area contributed by atoms with Gasteiger partial charge in [0.05, 0.1) is 6.04 Å². The quantitative estimate of drug-likeness (QED) is 0.692. The van der Waals surface area contributed by atoms with E-state index in [4.69, 9.17) is 9.97 Å². The van der Waals surface area contributed by atoms with Crippen molar-refractivity contribution in [2.24, 2.45) is 0 Å². The molecule has 1 unspecified atom stereocenters. The summed E-state index contributed by atoms with van der Waals surface area (Å²) in [5, 5.41) is 3.52. The second kappa shape index (κ2) is 7.03. The van der Waals surface area contributed by atoms with Gasteiger partial charge in [0.25, 0.3) is 0 Å². The lowest BCUT2D eigenvalue weighted by Crippen LogP contribution is -2.35. The van der Waals surface area contributed by atoms with E-state index in [1.165, 1.54) is 16.7 Å². The van der Waals surface area contributed by atoms with Crippen LogP contribution in [0.15, 0.2) is 48.5 Å². The Morgan fingerprint density at radius 3 is 2.52 bits per heavy atom. The van der Waals surface area contributed by atoms with Crippen molar-refractivity contribution in [2.75, 3.05) is 16.8 Å². The Morgan fingerprint density at radius 1 is 0.963 bits per heavy atom. The standard InChI is InChI=1S/C23H26N4/c1-15-9-5-8-12-21(15)25-22-16(2)17(3)24-23(26-22)27-14-13-19-10-6-7-11-20(19)18(27)4/h5-12,18H,13-14H2,1-4H3,(H,24,25,26). The molecule has 0 bridgehead atoms. The minimum atomic E-state index is 0.267. The van der Waals surface area contributed by atoms with E-state index < -0.39 is 0 Å². The summed E-state index contributed by atoms with van der Waals surface area (Å²) in [7, 11) is 0. The number of benzene rings is 2. The number of anilines is 3. The first-order valence-corrected chi connectivity index (χ1v) is 9.57. The summed E-state index contributed by atoms with van der Waals surface area (Å²) >= 11 is 0. The average Bonchev–Trinajstić information content (AvgIpc) is 2.67. The molecule has 0 saturated carbocycles. The van der Waals surface area contributed by atoms with E-state index in [-0.39, 0.29) is 6.04 Å². The predicted molar refractivity (Wildman–Crippen MR) is 112 cm³/mol. The first-order valence-electron chi connectivity index (χ1n) is 9.57. The summed E-state index contributed by atoms with van der Waals surface area (Å²) in [4.78, 5) is 12.1. The molecule has 0 saturated heterocycles. The molecular weight excluding hydrogens is 332 g/mol. The van der Waals surface area contributed by atoms with E-state index in [0.29, 0.717) is 0 Å². The molecule has 0 fully saturated rings. The number of hydrogen-bond acceptors (Lipinski definition) is 4. The number of aryl methyl sites for hydroxylation is 2. The molecule has 1 aliphatic heterocycles. The Kier molecular flexibility index (Phi) is 4.56. The third-order valence-electron chi connectivity index (χ3n) is 5.63. The van der Waals surface area contributed by atoms with Gasteiger partial charge in [0.1, 0.15) is 5.82 Å². The van der Waals surface area contributed by atoms with Crippen LogP contribution in [0.1, 0.15) is 40.9 Å². The predicted octanol–water partition coefficient (Wildman–Crippen LogP) is 5.27. The fraction of sp³-hybridized carbons (Fsp3) is 0.304. The monoisotopic (exact) mass is 358 g/mol. The molecule has 4 heteroatoms. The molecule has 2 aromatic carbocycles. The van der Waals surface area contributed by atoms with Gasteiger partial charge < -0.3 is 10.2 Å². The maximum atomic E-state index is 4.92. The molecule has 27 heavy (non-hydrogen) atoms. The summed E-state index contributed by atoms with van der Waals surface area (Å²) in [6.45, 7) is 9.42. The number of hydrogen-bond donors (Lipinski definition) is 1. The molecule has 1 aromatic heterocycles. The summed E-state index contributed by atoms with van der Waals surface area (Å²) in [6.07, 6.45) is 1.03. The van der Waals surface area contributed by atoms with Gasteiger partial charge in [-0.3, -0.25) is 0 Å². The van der Waals surface area contributed by atoms with Crippen molar-refractivity contribution in [1.82, 2.24) is 9.97 Å². The molecule has 3 aromatic rings. The maximum Gasteiger partial charge on any atom is 0.228 e. The average molecular weight is 358 g/mol. The second-order valence-corrected chi connectivity index (χ2v) is 7.34. The Morgan fingerprint density at radius 2 is 1.70 bits per heavy atom. The van der Waals surface area contributed by atoms with Crippen molar-refractivity contribution < 1.29 is 0 Å². The van der Waals surface area contributed by atoms with E-state index >= 15 is 0 Å². The highest BCUT2D eigenvalue weighted by Crippen LogP contribution is 2.33. The molecule has 4 rings (SSSR count). The van der Waals surface area contributed by atoms with Crippen molar-refractivity contribution in [3.8, 4) is 0 Å². The van der Waals surface area contributed by atoms with Crippen LogP contribution in [-0.2, 0) is 6.42 Å². The zero-order valence-electron chi connectivity index (χ0n) is 16.5. The minimum Gasteiger partial charge on any atom is -0.340 e. The molecular formula is C23H26N4. The zero-order valence-corrected chi connectivity index (χ0v) is 16.5. The Bertz CT molecular complexity index is 980.